The molecule has 98 valence electrons. The van der Waals surface area contributed by atoms with Gasteiger partial charge in [0, 0.05) is 11.8 Å². The number of carbonyl (C=O) groups excluding carboxylic acids is 1. The second-order valence-corrected chi connectivity index (χ2v) is 3.72. The van der Waals surface area contributed by atoms with Gasteiger partial charge in [-0.15, -0.1) is 0 Å². The highest BCUT2D eigenvalue weighted by molar-refractivity contribution is 5.96. The average Bonchev–Trinajstić information content (AvgIpc) is 2.37. The van der Waals surface area contributed by atoms with Crippen LogP contribution < -0.4 is 15.8 Å². The molecule has 0 heterocycles. The maximum absolute atomic E-state index is 11.6. The topological polar surface area (TPSA) is 102 Å². The molecule has 1 aromatic carbocycles. The summed E-state index contributed by atoms with van der Waals surface area (Å²) in [6.07, 6.45) is 0.524. The van der Waals surface area contributed by atoms with Gasteiger partial charge in [-0.25, -0.2) is 4.79 Å². The Hall–Kier alpha value is -2.08. The predicted octanol–water partition coefficient (Wildman–Crippen LogP) is 1.07. The number of anilines is 1. The second-order valence-electron chi connectivity index (χ2n) is 3.72. The Bertz CT molecular complexity index is 459. The second kappa shape index (κ2) is 6.02. The number of nitrogens with one attached hydrogen (secondary N) is 1. The molecule has 0 saturated carbocycles. The summed E-state index contributed by atoms with van der Waals surface area (Å²) >= 11 is 0. The fourth-order valence-corrected chi connectivity index (χ4v) is 1.37. The number of carboxylic acid groups (broad SMARTS) is 1. The molecule has 0 bridgehead atoms. The van der Waals surface area contributed by atoms with E-state index in [2.05, 4.69) is 5.32 Å². The van der Waals surface area contributed by atoms with Crippen molar-refractivity contribution < 1.29 is 19.4 Å². The molecule has 0 fully saturated rings. The van der Waals surface area contributed by atoms with Gasteiger partial charge in [0.05, 0.1) is 13.2 Å². The van der Waals surface area contributed by atoms with Crippen molar-refractivity contribution in [1.29, 1.82) is 0 Å². The van der Waals surface area contributed by atoms with Crippen LogP contribution in [0.4, 0.5) is 5.69 Å². The number of carboxylic acids is 1. The maximum Gasteiger partial charge on any atom is 0.339 e. The summed E-state index contributed by atoms with van der Waals surface area (Å²) in [6.45, 7) is 1.80. The molecule has 1 amide bonds. The highest BCUT2D eigenvalue weighted by Gasteiger charge is 2.14. The predicted molar refractivity (Wildman–Crippen MR) is 66.8 cm³/mol. The third-order valence-corrected chi connectivity index (χ3v) is 2.48. The Kier molecular flexibility index (Phi) is 4.67. The number of carbonyl (C=O) groups is 2. The van der Waals surface area contributed by atoms with E-state index in [1.807, 2.05) is 0 Å². The summed E-state index contributed by atoms with van der Waals surface area (Å²) in [4.78, 5) is 22.5. The lowest BCUT2D eigenvalue weighted by atomic mass is 10.1. The van der Waals surface area contributed by atoms with Crippen molar-refractivity contribution in [2.24, 2.45) is 5.73 Å². The quantitative estimate of drug-likeness (QED) is 0.727. The van der Waals surface area contributed by atoms with Crippen LogP contribution in [0.3, 0.4) is 0 Å². The van der Waals surface area contributed by atoms with Gasteiger partial charge in [-0.05, 0) is 18.6 Å². The van der Waals surface area contributed by atoms with Gasteiger partial charge >= 0.3 is 5.97 Å². The van der Waals surface area contributed by atoms with Crippen LogP contribution in [0.1, 0.15) is 23.7 Å². The molecule has 1 rings (SSSR count). The van der Waals surface area contributed by atoms with Crippen molar-refractivity contribution in [2.75, 3.05) is 12.4 Å². The maximum atomic E-state index is 11.6. The Labute approximate surface area is 105 Å². The molecule has 6 heteroatoms. The van der Waals surface area contributed by atoms with Crippen molar-refractivity contribution in [1.82, 2.24) is 0 Å². The van der Waals surface area contributed by atoms with Crippen molar-refractivity contribution in [3.63, 3.8) is 0 Å². The molecule has 0 aromatic heterocycles. The molecule has 0 aliphatic carbocycles. The van der Waals surface area contributed by atoms with Gasteiger partial charge in [0.15, 0.2) is 0 Å². The molecule has 1 aromatic rings. The lowest BCUT2D eigenvalue weighted by Crippen LogP contribution is -2.34. The molecular weight excluding hydrogens is 236 g/mol. The number of rotatable bonds is 5. The van der Waals surface area contributed by atoms with Gasteiger partial charge in [-0.3, -0.25) is 4.79 Å². The minimum absolute atomic E-state index is 0.0373. The molecule has 0 aliphatic heterocycles. The number of benzene rings is 1. The average molecular weight is 252 g/mol. The summed E-state index contributed by atoms with van der Waals surface area (Å²) < 4.78 is 4.95. The first kappa shape index (κ1) is 14.0. The zero-order chi connectivity index (χ0) is 13.7. The molecule has 0 radical (unpaired) electrons. The molecular formula is C12H16N2O4. The van der Waals surface area contributed by atoms with Crippen molar-refractivity contribution >= 4 is 17.6 Å². The molecule has 1 unspecified atom stereocenters. The number of methoxy groups -OCH3 is 1. The zero-order valence-electron chi connectivity index (χ0n) is 10.3. The van der Waals surface area contributed by atoms with E-state index in [1.54, 1.807) is 6.92 Å². The van der Waals surface area contributed by atoms with Crippen molar-refractivity contribution in [3.8, 4) is 5.75 Å². The van der Waals surface area contributed by atoms with E-state index in [9.17, 15) is 9.59 Å². The van der Waals surface area contributed by atoms with Gasteiger partial charge in [0.1, 0.15) is 11.3 Å². The van der Waals surface area contributed by atoms with Crippen LogP contribution in [0.15, 0.2) is 18.2 Å². The normalized spacial score (nSPS) is 11.7. The standard InChI is InChI=1S/C12H16N2O4/c1-3-9(13)11(15)14-7-4-5-8(12(16)17)10(6-7)18-2/h4-6,9H,3,13H2,1-2H3,(H,14,15)(H,16,17). The van der Waals surface area contributed by atoms with E-state index in [4.69, 9.17) is 15.6 Å². The Balaban J connectivity index is 2.92. The fourth-order valence-electron chi connectivity index (χ4n) is 1.37. The number of ether oxygens (including phenoxy) is 1. The number of nitrogens with two attached hydrogens (primary N) is 1. The van der Waals surface area contributed by atoms with E-state index in [1.165, 1.54) is 25.3 Å². The summed E-state index contributed by atoms with van der Waals surface area (Å²) in [6, 6.07) is 3.72. The van der Waals surface area contributed by atoms with E-state index in [0.717, 1.165) is 0 Å². The van der Waals surface area contributed by atoms with E-state index in [0.29, 0.717) is 12.1 Å². The van der Waals surface area contributed by atoms with Crippen molar-refractivity contribution in [2.45, 2.75) is 19.4 Å². The lowest BCUT2D eigenvalue weighted by Gasteiger charge is -2.12. The summed E-state index contributed by atoms with van der Waals surface area (Å²) in [7, 11) is 1.37. The number of aromatic carboxylic acids is 1. The number of amides is 1. The van der Waals surface area contributed by atoms with Gasteiger partial charge in [0.25, 0.3) is 0 Å². The Morgan fingerprint density at radius 3 is 2.67 bits per heavy atom. The lowest BCUT2D eigenvalue weighted by molar-refractivity contribution is -0.117. The minimum Gasteiger partial charge on any atom is -0.496 e. The Morgan fingerprint density at radius 1 is 1.50 bits per heavy atom. The van der Waals surface area contributed by atoms with E-state index >= 15 is 0 Å². The summed E-state index contributed by atoms with van der Waals surface area (Å²) in [5.41, 5.74) is 6.06. The minimum atomic E-state index is -1.09. The fraction of sp³-hybridized carbons (Fsp3) is 0.333. The monoisotopic (exact) mass is 252 g/mol. The van der Waals surface area contributed by atoms with E-state index in [-0.39, 0.29) is 17.2 Å². The molecule has 0 saturated heterocycles. The molecule has 0 spiro atoms. The van der Waals surface area contributed by atoms with Crippen LogP contribution in [0.25, 0.3) is 0 Å². The SMILES string of the molecule is CCC(N)C(=O)Nc1ccc(C(=O)O)c(OC)c1. The van der Waals surface area contributed by atoms with Crippen LogP contribution in [-0.2, 0) is 4.79 Å². The van der Waals surface area contributed by atoms with Gasteiger partial charge < -0.3 is 20.9 Å². The number of hydrogen-bond donors (Lipinski definition) is 3. The van der Waals surface area contributed by atoms with Gasteiger partial charge in [-0.1, -0.05) is 6.92 Å². The molecule has 18 heavy (non-hydrogen) atoms. The van der Waals surface area contributed by atoms with Gasteiger partial charge in [0.2, 0.25) is 5.91 Å². The zero-order valence-corrected chi connectivity index (χ0v) is 10.3. The van der Waals surface area contributed by atoms with E-state index < -0.39 is 12.0 Å². The first-order chi connectivity index (χ1) is 8.49. The van der Waals surface area contributed by atoms with Crippen LogP contribution in [0, 0.1) is 0 Å². The summed E-state index contributed by atoms with van der Waals surface area (Å²) in [5, 5.41) is 11.5. The Morgan fingerprint density at radius 2 is 2.17 bits per heavy atom. The molecule has 1 atom stereocenters. The third kappa shape index (κ3) is 3.21. The summed E-state index contributed by atoms with van der Waals surface area (Å²) in [5.74, 6) is -1.22. The molecule has 0 aliphatic rings. The first-order valence-electron chi connectivity index (χ1n) is 5.47. The highest BCUT2D eigenvalue weighted by Crippen LogP contribution is 2.23. The smallest absolute Gasteiger partial charge is 0.339 e. The van der Waals surface area contributed by atoms with Crippen molar-refractivity contribution in [3.05, 3.63) is 23.8 Å². The molecule has 6 nitrogen and oxygen atoms in total. The van der Waals surface area contributed by atoms with Crippen LogP contribution in [0.5, 0.6) is 5.75 Å². The third-order valence-electron chi connectivity index (χ3n) is 2.48. The van der Waals surface area contributed by atoms with Gasteiger partial charge in [-0.2, -0.15) is 0 Å². The van der Waals surface area contributed by atoms with Crippen LogP contribution in [0.2, 0.25) is 0 Å². The highest BCUT2D eigenvalue weighted by atomic mass is 16.5. The number of hydrogen-bond acceptors (Lipinski definition) is 4. The van der Waals surface area contributed by atoms with Crippen LogP contribution in [-0.4, -0.2) is 30.1 Å². The largest absolute Gasteiger partial charge is 0.496 e. The first-order valence-corrected chi connectivity index (χ1v) is 5.47. The molecule has 4 N–H and O–H groups in total. The van der Waals surface area contributed by atoms with Crippen LogP contribution >= 0.6 is 0 Å².